The van der Waals surface area contributed by atoms with E-state index in [1.807, 2.05) is 24.3 Å². The third-order valence-corrected chi connectivity index (χ3v) is 2.84. The van der Waals surface area contributed by atoms with Crippen LogP contribution in [0.5, 0.6) is 0 Å². The summed E-state index contributed by atoms with van der Waals surface area (Å²) in [5, 5.41) is 3.70. The van der Waals surface area contributed by atoms with Crippen LogP contribution in [-0.2, 0) is 13.1 Å². The maximum Gasteiger partial charge on any atom is 0.127 e. The van der Waals surface area contributed by atoms with Crippen molar-refractivity contribution in [3.05, 3.63) is 64.4 Å². The average molecular weight is 265 g/mol. The number of anilines is 1. The van der Waals surface area contributed by atoms with E-state index in [-0.39, 0.29) is 5.82 Å². The highest BCUT2D eigenvalue weighted by atomic mass is 35.5. The average Bonchev–Trinajstić information content (AvgIpc) is 2.34. The molecule has 0 aromatic heterocycles. The number of nitrogen functional groups attached to an aromatic ring is 1. The molecule has 2 rings (SSSR count). The highest BCUT2D eigenvalue weighted by molar-refractivity contribution is 6.30. The molecule has 0 bridgehead atoms. The summed E-state index contributed by atoms with van der Waals surface area (Å²) in [7, 11) is 0. The lowest BCUT2D eigenvalue weighted by molar-refractivity contribution is 0.588. The SMILES string of the molecule is Nc1cccc(CNCc2cc(Cl)ccc2F)c1. The summed E-state index contributed by atoms with van der Waals surface area (Å²) >= 11 is 5.82. The Bertz CT molecular complexity index is 543. The van der Waals surface area contributed by atoms with Crippen LogP contribution in [0.2, 0.25) is 5.02 Å². The molecule has 2 nitrogen and oxygen atoms in total. The fourth-order valence-electron chi connectivity index (χ4n) is 1.72. The van der Waals surface area contributed by atoms with E-state index >= 15 is 0 Å². The van der Waals surface area contributed by atoms with E-state index in [1.54, 1.807) is 6.07 Å². The molecule has 94 valence electrons. The fraction of sp³-hybridized carbons (Fsp3) is 0.143. The van der Waals surface area contributed by atoms with Gasteiger partial charge in [0.15, 0.2) is 0 Å². The van der Waals surface area contributed by atoms with Crippen molar-refractivity contribution in [3.63, 3.8) is 0 Å². The Balaban J connectivity index is 1.94. The second-order valence-electron chi connectivity index (χ2n) is 4.08. The van der Waals surface area contributed by atoms with Gasteiger partial charge in [0, 0.05) is 29.4 Å². The van der Waals surface area contributed by atoms with Crippen molar-refractivity contribution >= 4 is 17.3 Å². The van der Waals surface area contributed by atoms with Crippen molar-refractivity contribution < 1.29 is 4.39 Å². The predicted octanol–water partition coefficient (Wildman–Crippen LogP) is 3.35. The molecule has 0 amide bonds. The first-order valence-corrected chi connectivity index (χ1v) is 6.02. The van der Waals surface area contributed by atoms with E-state index in [1.165, 1.54) is 12.1 Å². The molecule has 0 aliphatic carbocycles. The molecule has 0 saturated heterocycles. The van der Waals surface area contributed by atoms with Gasteiger partial charge in [-0.05, 0) is 35.9 Å². The summed E-state index contributed by atoms with van der Waals surface area (Å²) in [6.45, 7) is 1.07. The maximum absolute atomic E-state index is 13.4. The molecule has 0 aliphatic heterocycles. The number of halogens is 2. The van der Waals surface area contributed by atoms with Crippen molar-refractivity contribution in [2.75, 3.05) is 5.73 Å². The number of hydrogen-bond acceptors (Lipinski definition) is 2. The Morgan fingerprint density at radius 3 is 2.72 bits per heavy atom. The first-order chi connectivity index (χ1) is 8.65. The number of hydrogen-bond donors (Lipinski definition) is 2. The van der Waals surface area contributed by atoms with E-state index in [2.05, 4.69) is 5.32 Å². The van der Waals surface area contributed by atoms with Crippen LogP contribution in [0.15, 0.2) is 42.5 Å². The minimum absolute atomic E-state index is 0.250. The molecule has 3 N–H and O–H groups in total. The summed E-state index contributed by atoms with van der Waals surface area (Å²) in [6, 6.07) is 12.1. The van der Waals surface area contributed by atoms with Crippen molar-refractivity contribution in [1.82, 2.24) is 5.32 Å². The highest BCUT2D eigenvalue weighted by Gasteiger charge is 2.02. The zero-order valence-corrected chi connectivity index (χ0v) is 10.5. The van der Waals surface area contributed by atoms with Crippen molar-refractivity contribution in [2.24, 2.45) is 0 Å². The minimum Gasteiger partial charge on any atom is -0.399 e. The van der Waals surface area contributed by atoms with Gasteiger partial charge in [0.05, 0.1) is 0 Å². The molecule has 2 aromatic rings. The molecule has 0 unspecified atom stereocenters. The van der Waals surface area contributed by atoms with Gasteiger partial charge in [0.1, 0.15) is 5.82 Å². The lowest BCUT2D eigenvalue weighted by Crippen LogP contribution is -2.13. The van der Waals surface area contributed by atoms with Gasteiger partial charge in [-0.2, -0.15) is 0 Å². The quantitative estimate of drug-likeness (QED) is 0.831. The second-order valence-corrected chi connectivity index (χ2v) is 4.52. The summed E-state index contributed by atoms with van der Waals surface area (Å²) in [6.07, 6.45) is 0. The van der Waals surface area contributed by atoms with E-state index in [9.17, 15) is 4.39 Å². The molecule has 4 heteroatoms. The topological polar surface area (TPSA) is 38.0 Å². The van der Waals surface area contributed by atoms with E-state index in [0.717, 1.165) is 11.3 Å². The van der Waals surface area contributed by atoms with E-state index in [4.69, 9.17) is 17.3 Å². The lowest BCUT2D eigenvalue weighted by atomic mass is 10.2. The monoisotopic (exact) mass is 264 g/mol. The Morgan fingerprint density at radius 2 is 1.94 bits per heavy atom. The van der Waals surface area contributed by atoms with Crippen molar-refractivity contribution in [1.29, 1.82) is 0 Å². The number of benzene rings is 2. The van der Waals surface area contributed by atoms with Crippen LogP contribution in [-0.4, -0.2) is 0 Å². The summed E-state index contributed by atoms with van der Waals surface area (Å²) in [5.41, 5.74) is 8.03. The third-order valence-electron chi connectivity index (χ3n) is 2.60. The molecule has 0 spiro atoms. The maximum atomic E-state index is 13.4. The van der Waals surface area contributed by atoms with Gasteiger partial charge in [-0.1, -0.05) is 23.7 Å². The van der Waals surface area contributed by atoms with Crippen LogP contribution in [0.1, 0.15) is 11.1 Å². The fourth-order valence-corrected chi connectivity index (χ4v) is 1.92. The van der Waals surface area contributed by atoms with Gasteiger partial charge in [-0.15, -0.1) is 0 Å². The molecule has 18 heavy (non-hydrogen) atoms. The van der Waals surface area contributed by atoms with E-state index < -0.39 is 0 Å². The van der Waals surface area contributed by atoms with Crippen LogP contribution in [0, 0.1) is 5.82 Å². The molecule has 0 atom stereocenters. The first-order valence-electron chi connectivity index (χ1n) is 5.64. The van der Waals surface area contributed by atoms with Crippen LogP contribution in [0.25, 0.3) is 0 Å². The molecular weight excluding hydrogens is 251 g/mol. The van der Waals surface area contributed by atoms with E-state index in [0.29, 0.717) is 23.7 Å². The van der Waals surface area contributed by atoms with Gasteiger partial charge >= 0.3 is 0 Å². The summed E-state index contributed by atoms with van der Waals surface area (Å²) < 4.78 is 13.4. The number of nitrogens with two attached hydrogens (primary N) is 1. The van der Waals surface area contributed by atoms with Gasteiger partial charge in [0.25, 0.3) is 0 Å². The predicted molar refractivity (Wildman–Crippen MR) is 72.8 cm³/mol. The molecule has 0 saturated carbocycles. The Hall–Kier alpha value is -1.58. The Kier molecular flexibility index (Phi) is 4.18. The Labute approximate surface area is 111 Å². The van der Waals surface area contributed by atoms with Crippen LogP contribution >= 0.6 is 11.6 Å². The van der Waals surface area contributed by atoms with Crippen LogP contribution in [0.3, 0.4) is 0 Å². The highest BCUT2D eigenvalue weighted by Crippen LogP contribution is 2.15. The van der Waals surface area contributed by atoms with Crippen LogP contribution in [0.4, 0.5) is 10.1 Å². The van der Waals surface area contributed by atoms with Crippen molar-refractivity contribution in [2.45, 2.75) is 13.1 Å². The standard InChI is InChI=1S/C14H14ClFN2/c15-12-4-5-14(16)11(7-12)9-18-8-10-2-1-3-13(17)6-10/h1-7,18H,8-9,17H2. The molecule has 0 radical (unpaired) electrons. The van der Waals surface area contributed by atoms with Gasteiger partial charge in [-0.25, -0.2) is 4.39 Å². The summed E-state index contributed by atoms with van der Waals surface area (Å²) in [4.78, 5) is 0. The lowest BCUT2D eigenvalue weighted by Gasteiger charge is -2.07. The third kappa shape index (κ3) is 3.45. The smallest absolute Gasteiger partial charge is 0.127 e. The zero-order chi connectivity index (χ0) is 13.0. The summed E-state index contributed by atoms with van der Waals surface area (Å²) in [5.74, 6) is -0.250. The van der Waals surface area contributed by atoms with Gasteiger partial charge in [0.2, 0.25) is 0 Å². The van der Waals surface area contributed by atoms with Gasteiger partial charge in [-0.3, -0.25) is 0 Å². The van der Waals surface area contributed by atoms with Crippen molar-refractivity contribution in [3.8, 4) is 0 Å². The molecule has 0 aliphatic rings. The molecular formula is C14H14ClFN2. The number of rotatable bonds is 4. The zero-order valence-electron chi connectivity index (χ0n) is 9.79. The first kappa shape index (κ1) is 12.9. The normalized spacial score (nSPS) is 10.6. The molecule has 0 fully saturated rings. The minimum atomic E-state index is -0.250. The van der Waals surface area contributed by atoms with Crippen LogP contribution < -0.4 is 11.1 Å². The molecule has 2 aromatic carbocycles. The second kappa shape index (κ2) is 5.85. The molecule has 0 heterocycles. The number of nitrogens with one attached hydrogen (secondary N) is 1. The Morgan fingerprint density at radius 1 is 1.11 bits per heavy atom. The largest absolute Gasteiger partial charge is 0.399 e. The van der Waals surface area contributed by atoms with Gasteiger partial charge < -0.3 is 11.1 Å².